The van der Waals surface area contributed by atoms with E-state index in [0.29, 0.717) is 18.6 Å². The Bertz CT molecular complexity index is 656. The lowest BCUT2D eigenvalue weighted by atomic mass is 9.76. The molecule has 1 aromatic rings. The summed E-state index contributed by atoms with van der Waals surface area (Å²) in [6.07, 6.45) is 2.43. The number of carbonyl (C=O) groups excluding carboxylic acids is 1. The van der Waals surface area contributed by atoms with E-state index in [-0.39, 0.29) is 30.5 Å². The lowest BCUT2D eigenvalue weighted by molar-refractivity contribution is -0.117. The molecule has 6 heteroatoms. The number of ether oxygens (including phenoxy) is 2. The van der Waals surface area contributed by atoms with E-state index < -0.39 is 23.0 Å². The van der Waals surface area contributed by atoms with E-state index in [2.05, 4.69) is 0 Å². The van der Waals surface area contributed by atoms with Gasteiger partial charge in [0, 0.05) is 18.6 Å². The second-order valence-electron chi connectivity index (χ2n) is 5.77. The highest BCUT2D eigenvalue weighted by molar-refractivity contribution is 5.91. The van der Waals surface area contributed by atoms with Gasteiger partial charge in [0.1, 0.15) is 17.2 Å². The van der Waals surface area contributed by atoms with Crippen molar-refractivity contribution in [3.05, 3.63) is 41.2 Å². The minimum atomic E-state index is -0.862. The maximum absolute atomic E-state index is 13.9. The zero-order valence-corrected chi connectivity index (χ0v) is 12.1. The first kappa shape index (κ1) is 15.0. The number of hydrogen-bond donors (Lipinski definition) is 1. The molecule has 0 amide bonds. The molecule has 3 rings (SSSR count). The third-order valence-electron chi connectivity index (χ3n) is 4.42. The molecule has 2 atom stereocenters. The van der Waals surface area contributed by atoms with Gasteiger partial charge in [-0.1, -0.05) is 6.92 Å². The molecule has 1 aliphatic carbocycles. The first-order valence-electron chi connectivity index (χ1n) is 7.11. The van der Waals surface area contributed by atoms with Gasteiger partial charge in [-0.2, -0.15) is 0 Å². The average molecular weight is 310 g/mol. The highest BCUT2D eigenvalue weighted by atomic mass is 19.1. The second-order valence-corrected chi connectivity index (χ2v) is 5.77. The zero-order chi connectivity index (χ0) is 15.9. The monoisotopic (exact) mass is 310 g/mol. The lowest BCUT2D eigenvalue weighted by Crippen LogP contribution is -2.41. The summed E-state index contributed by atoms with van der Waals surface area (Å²) in [7, 11) is 0. The fourth-order valence-corrected chi connectivity index (χ4v) is 3.14. The van der Waals surface area contributed by atoms with Gasteiger partial charge in [-0.3, -0.25) is 4.79 Å². The number of halogens is 2. The quantitative estimate of drug-likeness (QED) is 0.933. The minimum absolute atomic E-state index is 0.0230. The van der Waals surface area contributed by atoms with E-state index in [1.807, 2.05) is 6.92 Å². The van der Waals surface area contributed by atoms with Gasteiger partial charge in [-0.25, -0.2) is 8.78 Å². The molecule has 1 unspecified atom stereocenters. The number of phenols is 1. The molecule has 118 valence electrons. The van der Waals surface area contributed by atoms with Crippen molar-refractivity contribution in [2.24, 2.45) is 5.92 Å². The molecule has 1 heterocycles. The van der Waals surface area contributed by atoms with Gasteiger partial charge >= 0.3 is 0 Å². The number of hydrogen-bond acceptors (Lipinski definition) is 4. The highest BCUT2D eigenvalue weighted by Gasteiger charge is 2.49. The Kier molecular flexibility index (Phi) is 3.64. The van der Waals surface area contributed by atoms with Crippen molar-refractivity contribution in [2.75, 3.05) is 6.79 Å². The maximum Gasteiger partial charge on any atom is 0.189 e. The summed E-state index contributed by atoms with van der Waals surface area (Å²) < 4.78 is 38.4. The number of fused-ring (bicyclic) bond motifs is 1. The molecule has 0 saturated carbocycles. The summed E-state index contributed by atoms with van der Waals surface area (Å²) in [4.78, 5) is 11.5. The van der Waals surface area contributed by atoms with Crippen LogP contribution in [0.15, 0.2) is 24.0 Å². The molecule has 4 nitrogen and oxygen atoms in total. The predicted molar refractivity (Wildman–Crippen MR) is 73.0 cm³/mol. The number of rotatable bonds is 3. The van der Waals surface area contributed by atoms with Crippen LogP contribution in [0, 0.1) is 17.6 Å². The molecule has 2 aliphatic rings. The zero-order valence-electron chi connectivity index (χ0n) is 12.1. The molecule has 1 fully saturated rings. The Balaban J connectivity index is 1.88. The van der Waals surface area contributed by atoms with Crippen LogP contribution in [0.1, 0.15) is 25.3 Å². The molecule has 1 N–H and O–H groups in total. The Labute approximate surface area is 126 Å². The number of benzene rings is 1. The van der Waals surface area contributed by atoms with E-state index in [1.54, 1.807) is 0 Å². The number of aromatic hydroxyl groups is 1. The average Bonchev–Trinajstić information content (AvgIpc) is 2.88. The van der Waals surface area contributed by atoms with E-state index in [0.717, 1.165) is 12.1 Å². The second kappa shape index (κ2) is 5.35. The summed E-state index contributed by atoms with van der Waals surface area (Å²) in [6, 6.07) is 1.76. The molecule has 0 spiro atoms. The van der Waals surface area contributed by atoms with E-state index >= 15 is 0 Å². The van der Waals surface area contributed by atoms with Crippen molar-refractivity contribution >= 4 is 5.78 Å². The summed E-state index contributed by atoms with van der Waals surface area (Å²) >= 11 is 0. The SMILES string of the molecule is CC(Cc1cc(F)c(O)cc1F)[C@]12CCC(=O)C=C1OCO2. The lowest BCUT2D eigenvalue weighted by Gasteiger charge is -2.35. The van der Waals surface area contributed by atoms with Crippen LogP contribution in [-0.4, -0.2) is 23.3 Å². The third-order valence-corrected chi connectivity index (χ3v) is 4.42. The summed E-state index contributed by atoms with van der Waals surface area (Å²) in [5.41, 5.74) is -0.613. The molecule has 0 bridgehead atoms. The fourth-order valence-electron chi connectivity index (χ4n) is 3.14. The molecule has 1 aliphatic heterocycles. The van der Waals surface area contributed by atoms with Crippen molar-refractivity contribution in [3.8, 4) is 5.75 Å². The normalized spacial score (nSPS) is 25.4. The van der Waals surface area contributed by atoms with Gasteiger partial charge in [-0.15, -0.1) is 0 Å². The first-order valence-corrected chi connectivity index (χ1v) is 7.11. The van der Waals surface area contributed by atoms with Crippen LogP contribution in [0.3, 0.4) is 0 Å². The molecule has 22 heavy (non-hydrogen) atoms. The number of carbonyl (C=O) groups is 1. The van der Waals surface area contributed by atoms with E-state index in [9.17, 15) is 18.7 Å². The first-order chi connectivity index (χ1) is 10.4. The highest BCUT2D eigenvalue weighted by Crippen LogP contribution is 2.44. The molecule has 1 saturated heterocycles. The van der Waals surface area contributed by atoms with Gasteiger partial charge in [0.25, 0.3) is 0 Å². The van der Waals surface area contributed by atoms with E-state index in [4.69, 9.17) is 9.47 Å². The van der Waals surface area contributed by atoms with Crippen molar-refractivity contribution in [2.45, 2.75) is 31.8 Å². The van der Waals surface area contributed by atoms with Crippen LogP contribution in [0.2, 0.25) is 0 Å². The molecular weight excluding hydrogens is 294 g/mol. The van der Waals surface area contributed by atoms with Gasteiger partial charge < -0.3 is 14.6 Å². The Morgan fingerprint density at radius 2 is 2.14 bits per heavy atom. The van der Waals surface area contributed by atoms with Crippen molar-refractivity contribution in [3.63, 3.8) is 0 Å². The van der Waals surface area contributed by atoms with Gasteiger partial charge in [0.05, 0.1) is 0 Å². The van der Waals surface area contributed by atoms with Crippen molar-refractivity contribution < 1.29 is 28.2 Å². The van der Waals surface area contributed by atoms with Crippen molar-refractivity contribution in [1.29, 1.82) is 0 Å². The van der Waals surface area contributed by atoms with Crippen LogP contribution >= 0.6 is 0 Å². The molecular formula is C16H16F2O4. The Hall–Kier alpha value is -1.95. The van der Waals surface area contributed by atoms with Gasteiger partial charge in [0.2, 0.25) is 0 Å². The minimum Gasteiger partial charge on any atom is -0.505 e. The van der Waals surface area contributed by atoms with Crippen LogP contribution in [-0.2, 0) is 20.7 Å². The molecule has 0 radical (unpaired) electrons. The van der Waals surface area contributed by atoms with Crippen LogP contribution in [0.25, 0.3) is 0 Å². The summed E-state index contributed by atoms with van der Waals surface area (Å²) in [5, 5.41) is 9.18. The number of allylic oxidation sites excluding steroid dienone is 1. The van der Waals surface area contributed by atoms with Gasteiger partial charge in [-0.05, 0) is 30.4 Å². The molecule has 0 aromatic heterocycles. The van der Waals surface area contributed by atoms with Crippen LogP contribution in [0.4, 0.5) is 8.78 Å². The smallest absolute Gasteiger partial charge is 0.189 e. The van der Waals surface area contributed by atoms with Gasteiger partial charge in [0.15, 0.2) is 24.1 Å². The summed E-state index contributed by atoms with van der Waals surface area (Å²) in [5.74, 6) is -2.01. The van der Waals surface area contributed by atoms with Crippen LogP contribution < -0.4 is 0 Å². The topological polar surface area (TPSA) is 55.8 Å². The predicted octanol–water partition coefficient (Wildman–Crippen LogP) is 2.84. The largest absolute Gasteiger partial charge is 0.505 e. The Morgan fingerprint density at radius 3 is 2.91 bits per heavy atom. The van der Waals surface area contributed by atoms with Crippen LogP contribution in [0.5, 0.6) is 5.75 Å². The standard InChI is InChI=1S/C16H16F2O4/c1-9(4-10-5-13(18)14(20)7-12(10)17)16-3-2-11(19)6-15(16)21-8-22-16/h5-7,9,20H,2-4,8H2,1H3/t9?,16-/m1/s1. The third kappa shape index (κ3) is 2.37. The Morgan fingerprint density at radius 1 is 1.36 bits per heavy atom. The van der Waals surface area contributed by atoms with Crippen molar-refractivity contribution in [1.82, 2.24) is 0 Å². The summed E-state index contributed by atoms with van der Waals surface area (Å²) in [6.45, 7) is 1.90. The maximum atomic E-state index is 13.9. The number of phenolic OH excluding ortho intramolecular Hbond substituents is 1. The molecule has 1 aromatic carbocycles. The van der Waals surface area contributed by atoms with E-state index in [1.165, 1.54) is 6.08 Å². The fraction of sp³-hybridized carbons (Fsp3) is 0.438. The number of ketones is 1.